The average molecular weight is 346 g/mol. The number of ketones is 1. The van der Waals surface area contributed by atoms with E-state index >= 15 is 0 Å². The highest BCUT2D eigenvalue weighted by Gasteiger charge is 2.27. The quantitative estimate of drug-likeness (QED) is 0.767. The van der Waals surface area contributed by atoms with Crippen LogP contribution >= 0.6 is 0 Å². The predicted octanol–water partition coefficient (Wildman–Crippen LogP) is 2.19. The number of likely N-dealkylation sites (tertiary alicyclic amines) is 2. The molecule has 0 aliphatic carbocycles. The van der Waals surface area contributed by atoms with Gasteiger partial charge < -0.3 is 9.84 Å². The summed E-state index contributed by atoms with van der Waals surface area (Å²) >= 11 is 0. The third-order valence-corrected chi connectivity index (χ3v) is 5.29. The molecule has 0 saturated carbocycles. The molecule has 1 aromatic carbocycles. The summed E-state index contributed by atoms with van der Waals surface area (Å²) in [7, 11) is 0. The number of hydrogen-bond acceptors (Lipinski definition) is 5. The highest BCUT2D eigenvalue weighted by atomic mass is 16.5. The Kier molecular flexibility index (Phi) is 6.45. The van der Waals surface area contributed by atoms with Crippen molar-refractivity contribution in [1.29, 1.82) is 0 Å². The fraction of sp³-hybridized carbons (Fsp3) is 0.650. The number of nitrogens with zero attached hydrogens (tertiary/aromatic N) is 2. The standard InChI is InChI=1S/C20H30N2O3/c1-16(23)17-6-4-8-20(12-17)25-15-19(24)14-21-9-5-7-18(13-21)22-10-2-3-11-22/h4,6,8,12,18-19,24H,2-3,5,7,9-11,13-15H2,1H3/t18-,19-/m1/s1. The topological polar surface area (TPSA) is 53.0 Å². The van der Waals surface area contributed by atoms with Crippen LogP contribution in [0.2, 0.25) is 0 Å². The Hall–Kier alpha value is -1.43. The molecule has 0 bridgehead atoms. The number of piperidine rings is 1. The van der Waals surface area contributed by atoms with Crippen LogP contribution in [0.4, 0.5) is 0 Å². The van der Waals surface area contributed by atoms with Gasteiger partial charge in [-0.15, -0.1) is 0 Å². The molecule has 0 spiro atoms. The summed E-state index contributed by atoms with van der Waals surface area (Å²) in [4.78, 5) is 16.4. The van der Waals surface area contributed by atoms with Gasteiger partial charge in [-0.3, -0.25) is 14.6 Å². The van der Waals surface area contributed by atoms with Gasteiger partial charge in [0.1, 0.15) is 18.5 Å². The summed E-state index contributed by atoms with van der Waals surface area (Å²) in [5.41, 5.74) is 0.636. The lowest BCUT2D eigenvalue weighted by atomic mass is 10.0. The summed E-state index contributed by atoms with van der Waals surface area (Å²) < 4.78 is 5.69. The maximum Gasteiger partial charge on any atom is 0.159 e. The van der Waals surface area contributed by atoms with E-state index in [0.29, 0.717) is 23.9 Å². The molecule has 2 heterocycles. The largest absolute Gasteiger partial charge is 0.491 e. The third kappa shape index (κ3) is 5.27. The van der Waals surface area contributed by atoms with Crippen LogP contribution in [0.1, 0.15) is 43.0 Å². The molecule has 1 aromatic rings. The molecule has 1 N–H and O–H groups in total. The Bertz CT molecular complexity index is 572. The van der Waals surface area contributed by atoms with Crippen LogP contribution < -0.4 is 4.74 Å². The summed E-state index contributed by atoms with van der Waals surface area (Å²) in [5.74, 6) is 0.660. The molecule has 2 fully saturated rings. The van der Waals surface area contributed by atoms with Crippen LogP contribution in [-0.2, 0) is 0 Å². The zero-order valence-corrected chi connectivity index (χ0v) is 15.2. The monoisotopic (exact) mass is 346 g/mol. The fourth-order valence-electron chi connectivity index (χ4n) is 3.95. The summed E-state index contributed by atoms with van der Waals surface area (Å²) in [5, 5.41) is 10.3. The van der Waals surface area contributed by atoms with E-state index < -0.39 is 6.10 Å². The number of carbonyl (C=O) groups excluding carboxylic acids is 1. The van der Waals surface area contributed by atoms with Gasteiger partial charge in [-0.25, -0.2) is 0 Å². The van der Waals surface area contributed by atoms with Crippen molar-refractivity contribution in [1.82, 2.24) is 9.80 Å². The number of Topliss-reactive ketones (excluding diaryl/α,β-unsaturated/α-hetero) is 1. The summed E-state index contributed by atoms with van der Waals surface area (Å²) in [6.07, 6.45) is 4.62. The van der Waals surface area contributed by atoms with Gasteiger partial charge in [0.2, 0.25) is 0 Å². The van der Waals surface area contributed by atoms with Gasteiger partial charge >= 0.3 is 0 Å². The first kappa shape index (κ1) is 18.4. The molecule has 2 saturated heterocycles. The molecule has 2 atom stereocenters. The molecule has 5 heteroatoms. The number of ether oxygens (including phenoxy) is 1. The third-order valence-electron chi connectivity index (χ3n) is 5.29. The van der Waals surface area contributed by atoms with Crippen LogP contribution in [-0.4, -0.2) is 72.2 Å². The lowest BCUT2D eigenvalue weighted by molar-refractivity contribution is 0.0416. The Morgan fingerprint density at radius 2 is 2.08 bits per heavy atom. The maximum atomic E-state index is 11.4. The lowest BCUT2D eigenvalue weighted by Crippen LogP contribution is -2.49. The van der Waals surface area contributed by atoms with Crippen molar-refractivity contribution < 1.29 is 14.6 Å². The van der Waals surface area contributed by atoms with Crippen LogP contribution in [0.15, 0.2) is 24.3 Å². The molecule has 5 nitrogen and oxygen atoms in total. The second kappa shape index (κ2) is 8.79. The number of carbonyl (C=O) groups is 1. The van der Waals surface area contributed by atoms with E-state index in [2.05, 4.69) is 9.80 Å². The second-order valence-electron chi connectivity index (χ2n) is 7.35. The van der Waals surface area contributed by atoms with Gasteiger partial charge in [0.25, 0.3) is 0 Å². The van der Waals surface area contributed by atoms with Crippen molar-refractivity contribution in [3.8, 4) is 5.75 Å². The van der Waals surface area contributed by atoms with E-state index in [9.17, 15) is 9.90 Å². The summed E-state index contributed by atoms with van der Waals surface area (Å²) in [6.45, 7) is 7.02. The number of β-amino-alcohol motifs (C(OH)–C–C–N with tert-alkyl or cyclic N) is 1. The van der Waals surface area contributed by atoms with Crippen LogP contribution in [0, 0.1) is 0 Å². The van der Waals surface area contributed by atoms with E-state index in [0.717, 1.165) is 13.1 Å². The van der Waals surface area contributed by atoms with E-state index in [-0.39, 0.29) is 12.4 Å². The minimum absolute atomic E-state index is 0.0206. The van der Waals surface area contributed by atoms with E-state index in [1.54, 1.807) is 19.1 Å². The van der Waals surface area contributed by atoms with Crippen molar-refractivity contribution in [2.24, 2.45) is 0 Å². The molecule has 0 unspecified atom stereocenters. The molecule has 138 valence electrons. The van der Waals surface area contributed by atoms with Crippen LogP contribution in [0.25, 0.3) is 0 Å². The highest BCUT2D eigenvalue weighted by Crippen LogP contribution is 2.21. The molecule has 0 radical (unpaired) electrons. The number of aliphatic hydroxyl groups is 1. The molecule has 2 aliphatic rings. The normalized spacial score (nSPS) is 23.5. The van der Waals surface area contributed by atoms with Gasteiger partial charge in [-0.1, -0.05) is 12.1 Å². The molecule has 0 amide bonds. The molecule has 2 aliphatic heterocycles. The number of aliphatic hydroxyl groups excluding tert-OH is 1. The zero-order chi connectivity index (χ0) is 17.6. The number of benzene rings is 1. The Morgan fingerprint density at radius 3 is 2.84 bits per heavy atom. The predicted molar refractivity (Wildman–Crippen MR) is 98.2 cm³/mol. The minimum Gasteiger partial charge on any atom is -0.491 e. The molecule has 0 aromatic heterocycles. The van der Waals surface area contributed by atoms with Crippen molar-refractivity contribution >= 4 is 5.78 Å². The summed E-state index contributed by atoms with van der Waals surface area (Å²) in [6, 6.07) is 7.79. The Morgan fingerprint density at radius 1 is 1.28 bits per heavy atom. The highest BCUT2D eigenvalue weighted by molar-refractivity contribution is 5.94. The fourth-order valence-corrected chi connectivity index (χ4v) is 3.95. The molecular weight excluding hydrogens is 316 g/mol. The zero-order valence-electron chi connectivity index (χ0n) is 15.2. The van der Waals surface area contributed by atoms with Crippen molar-refractivity contribution in [3.05, 3.63) is 29.8 Å². The maximum absolute atomic E-state index is 11.4. The molecular formula is C20H30N2O3. The Labute approximate surface area is 150 Å². The van der Waals surface area contributed by atoms with E-state index in [4.69, 9.17) is 4.74 Å². The first-order valence-corrected chi connectivity index (χ1v) is 9.50. The van der Waals surface area contributed by atoms with Crippen molar-refractivity contribution in [2.45, 2.75) is 44.8 Å². The van der Waals surface area contributed by atoms with Gasteiger partial charge in [0.05, 0.1) is 0 Å². The van der Waals surface area contributed by atoms with Crippen LogP contribution in [0.5, 0.6) is 5.75 Å². The van der Waals surface area contributed by atoms with Gasteiger partial charge in [0, 0.05) is 24.7 Å². The van der Waals surface area contributed by atoms with Gasteiger partial charge in [0.15, 0.2) is 5.78 Å². The van der Waals surface area contributed by atoms with Gasteiger partial charge in [-0.05, 0) is 64.4 Å². The van der Waals surface area contributed by atoms with E-state index in [1.807, 2.05) is 12.1 Å². The number of hydrogen-bond donors (Lipinski definition) is 1. The van der Waals surface area contributed by atoms with Crippen LogP contribution in [0.3, 0.4) is 0 Å². The first-order chi connectivity index (χ1) is 12.1. The van der Waals surface area contributed by atoms with E-state index in [1.165, 1.54) is 38.8 Å². The number of rotatable bonds is 7. The van der Waals surface area contributed by atoms with Crippen molar-refractivity contribution in [3.63, 3.8) is 0 Å². The SMILES string of the molecule is CC(=O)c1cccc(OC[C@H](O)CN2CCC[C@@H](N3CCCC3)C2)c1. The molecule has 25 heavy (non-hydrogen) atoms. The Balaban J connectivity index is 1.44. The van der Waals surface area contributed by atoms with Gasteiger partial charge in [-0.2, -0.15) is 0 Å². The average Bonchev–Trinajstić information content (AvgIpc) is 3.15. The molecule has 3 rings (SSSR count). The lowest BCUT2D eigenvalue weighted by Gasteiger charge is -2.38. The first-order valence-electron chi connectivity index (χ1n) is 9.50. The smallest absolute Gasteiger partial charge is 0.159 e. The van der Waals surface area contributed by atoms with Crippen molar-refractivity contribution in [2.75, 3.05) is 39.3 Å². The minimum atomic E-state index is -0.515. The second-order valence-corrected chi connectivity index (χ2v) is 7.35.